The molecule has 2 aliphatic carbocycles. The fourth-order valence-corrected chi connectivity index (χ4v) is 7.19. The average Bonchev–Trinajstić information content (AvgIpc) is 3.73. The maximum absolute atomic E-state index is 14.3. The van der Waals surface area contributed by atoms with Crippen molar-refractivity contribution in [1.29, 1.82) is 0 Å². The predicted octanol–water partition coefficient (Wildman–Crippen LogP) is 5.03. The first-order valence-corrected chi connectivity index (χ1v) is 14.7. The van der Waals surface area contributed by atoms with Crippen LogP contribution in [0.3, 0.4) is 0 Å². The summed E-state index contributed by atoms with van der Waals surface area (Å²) in [5, 5.41) is 13.1. The number of nitrogens with one attached hydrogen (secondary N) is 1. The maximum atomic E-state index is 14.3. The molecule has 8 heteroatoms. The summed E-state index contributed by atoms with van der Waals surface area (Å²) in [6.45, 7) is 1.60. The molecule has 8 nitrogen and oxygen atoms in total. The lowest BCUT2D eigenvalue weighted by molar-refractivity contribution is -0.160. The van der Waals surface area contributed by atoms with E-state index in [4.69, 9.17) is 4.74 Å². The topological polar surface area (TPSA) is 99.2 Å². The zero-order valence-corrected chi connectivity index (χ0v) is 23.9. The number of carbonyl (C=O) groups is 3. The quantitative estimate of drug-likeness (QED) is 0.396. The number of amides is 2. The molecule has 218 valence electrons. The minimum atomic E-state index is -1.29. The lowest BCUT2D eigenvalue weighted by Crippen LogP contribution is -2.65. The van der Waals surface area contributed by atoms with Gasteiger partial charge in [0.25, 0.3) is 5.91 Å². The molecule has 1 saturated heterocycles. The molecule has 0 spiro atoms. The van der Waals surface area contributed by atoms with Crippen LogP contribution >= 0.6 is 0 Å². The molecule has 6 rings (SSSR count). The van der Waals surface area contributed by atoms with Crippen molar-refractivity contribution in [3.05, 3.63) is 95.6 Å². The molecule has 1 heterocycles. The number of hydrogen-bond donors (Lipinski definition) is 2. The van der Waals surface area contributed by atoms with E-state index in [1.54, 1.807) is 7.05 Å². The molecule has 3 aliphatic rings. The second-order valence-corrected chi connectivity index (χ2v) is 11.9. The van der Waals surface area contributed by atoms with Crippen molar-refractivity contribution in [3.63, 3.8) is 0 Å². The van der Waals surface area contributed by atoms with Crippen molar-refractivity contribution in [2.24, 2.45) is 0 Å². The van der Waals surface area contributed by atoms with Gasteiger partial charge in [-0.2, -0.15) is 0 Å². The molecule has 3 aromatic carbocycles. The summed E-state index contributed by atoms with van der Waals surface area (Å²) in [6.07, 6.45) is 1.99. The van der Waals surface area contributed by atoms with Crippen molar-refractivity contribution in [3.8, 4) is 11.1 Å². The van der Waals surface area contributed by atoms with Crippen LogP contribution in [0.25, 0.3) is 11.1 Å². The molecular formula is C34H37N3O5. The first-order chi connectivity index (χ1) is 20.3. The van der Waals surface area contributed by atoms with Crippen LogP contribution in [-0.2, 0) is 20.9 Å². The number of alkyl carbamates (subject to hydrolysis) is 1. The van der Waals surface area contributed by atoms with Crippen LogP contribution in [0.2, 0.25) is 0 Å². The number of carbonyl (C=O) groups excluding carboxylic acids is 2. The highest BCUT2D eigenvalue weighted by Crippen LogP contribution is 2.44. The highest BCUT2D eigenvalue weighted by Gasteiger charge is 2.54. The second kappa shape index (κ2) is 11.2. The van der Waals surface area contributed by atoms with E-state index in [1.807, 2.05) is 54.6 Å². The van der Waals surface area contributed by atoms with Crippen molar-refractivity contribution >= 4 is 18.0 Å². The Morgan fingerprint density at radius 1 is 0.905 bits per heavy atom. The van der Waals surface area contributed by atoms with Gasteiger partial charge in [0.15, 0.2) is 0 Å². The molecule has 1 aliphatic heterocycles. The average molecular weight is 568 g/mol. The summed E-state index contributed by atoms with van der Waals surface area (Å²) in [5.41, 5.74) is 3.04. The van der Waals surface area contributed by atoms with Gasteiger partial charge in [-0.15, -0.1) is 0 Å². The van der Waals surface area contributed by atoms with Crippen LogP contribution in [0, 0.1) is 0 Å². The Labute approximate surface area is 246 Å². The van der Waals surface area contributed by atoms with Crippen molar-refractivity contribution < 1.29 is 24.2 Å². The van der Waals surface area contributed by atoms with Crippen molar-refractivity contribution in [2.75, 3.05) is 26.7 Å². The Hall–Kier alpha value is -4.17. The summed E-state index contributed by atoms with van der Waals surface area (Å²) in [6, 6.07) is 26.3. The van der Waals surface area contributed by atoms with Gasteiger partial charge in [0.05, 0.1) is 0 Å². The van der Waals surface area contributed by atoms with Crippen LogP contribution in [0.1, 0.15) is 54.7 Å². The van der Waals surface area contributed by atoms with E-state index < -0.39 is 23.1 Å². The van der Waals surface area contributed by atoms with E-state index in [9.17, 15) is 19.5 Å². The summed E-state index contributed by atoms with van der Waals surface area (Å²) in [4.78, 5) is 43.7. The Kier molecular flexibility index (Phi) is 7.49. The minimum Gasteiger partial charge on any atom is -0.479 e. The Morgan fingerprint density at radius 2 is 1.50 bits per heavy atom. The molecule has 2 fully saturated rings. The molecule has 1 atom stereocenters. The van der Waals surface area contributed by atoms with Gasteiger partial charge in [-0.05, 0) is 47.1 Å². The first-order valence-electron chi connectivity index (χ1n) is 14.7. The zero-order valence-electron chi connectivity index (χ0n) is 23.9. The monoisotopic (exact) mass is 567 g/mol. The van der Waals surface area contributed by atoms with Gasteiger partial charge in [-0.25, -0.2) is 9.59 Å². The third kappa shape index (κ3) is 4.94. The number of hydrogen-bond acceptors (Lipinski definition) is 5. The van der Waals surface area contributed by atoms with Gasteiger partial charge in [-0.1, -0.05) is 91.7 Å². The molecule has 2 N–H and O–H groups in total. The van der Waals surface area contributed by atoms with Crippen LogP contribution in [-0.4, -0.2) is 70.7 Å². The molecule has 1 saturated carbocycles. The van der Waals surface area contributed by atoms with E-state index in [1.165, 1.54) is 4.90 Å². The zero-order chi connectivity index (χ0) is 29.3. The fraction of sp³-hybridized carbons (Fsp3) is 0.382. The number of likely N-dealkylation sites (tertiary alicyclic amines) is 1. The summed E-state index contributed by atoms with van der Waals surface area (Å²) in [5.74, 6) is -1.48. The smallest absolute Gasteiger partial charge is 0.408 e. The molecule has 0 aromatic heterocycles. The maximum Gasteiger partial charge on any atom is 0.408 e. The number of carboxylic acids is 1. The number of benzene rings is 3. The third-order valence-electron chi connectivity index (χ3n) is 9.47. The van der Waals surface area contributed by atoms with Crippen LogP contribution in [0.15, 0.2) is 78.9 Å². The van der Waals surface area contributed by atoms with E-state index in [0.29, 0.717) is 32.4 Å². The summed E-state index contributed by atoms with van der Waals surface area (Å²) < 4.78 is 5.85. The largest absolute Gasteiger partial charge is 0.479 e. The Morgan fingerprint density at radius 3 is 2.12 bits per heavy atom. The molecule has 2 amide bonds. The minimum absolute atomic E-state index is 0.107. The Balaban J connectivity index is 1.22. The van der Waals surface area contributed by atoms with Gasteiger partial charge in [-0.3, -0.25) is 9.69 Å². The molecule has 3 aromatic rings. The number of nitrogens with zero attached hydrogens (tertiary/aromatic N) is 2. The lowest BCUT2D eigenvalue weighted by atomic mass is 9.90. The number of fused-ring (bicyclic) bond motifs is 3. The second-order valence-electron chi connectivity index (χ2n) is 11.9. The molecule has 0 bridgehead atoms. The predicted molar refractivity (Wildman–Crippen MR) is 159 cm³/mol. The van der Waals surface area contributed by atoms with Crippen LogP contribution in [0.5, 0.6) is 0 Å². The molecular weight excluding hydrogens is 530 g/mol. The highest BCUT2D eigenvalue weighted by molar-refractivity contribution is 5.95. The van der Waals surface area contributed by atoms with Crippen LogP contribution < -0.4 is 5.32 Å². The van der Waals surface area contributed by atoms with E-state index in [-0.39, 0.29) is 25.0 Å². The lowest BCUT2D eigenvalue weighted by Gasteiger charge is -2.40. The first kappa shape index (κ1) is 28.0. The van der Waals surface area contributed by atoms with Crippen LogP contribution in [0.4, 0.5) is 4.79 Å². The number of likely N-dealkylation sites (N-methyl/N-ethyl adjacent to an activating group) is 1. The highest BCUT2D eigenvalue weighted by atomic mass is 16.5. The summed E-state index contributed by atoms with van der Waals surface area (Å²) >= 11 is 0. The molecule has 1 unspecified atom stereocenters. The molecule has 42 heavy (non-hydrogen) atoms. The SMILES string of the molecule is CN(C(=O)C1(NC(=O)OCC2c3ccccc3-c3ccccc32)CCN(Cc2ccccc2)C1)C1(C(=O)O)CCCC1. The van der Waals surface area contributed by atoms with E-state index in [2.05, 4.69) is 34.5 Å². The van der Waals surface area contributed by atoms with Gasteiger partial charge in [0.1, 0.15) is 17.7 Å². The van der Waals surface area contributed by atoms with Gasteiger partial charge in [0, 0.05) is 32.6 Å². The van der Waals surface area contributed by atoms with Crippen molar-refractivity contribution in [2.45, 2.75) is 55.6 Å². The van der Waals surface area contributed by atoms with Gasteiger partial charge < -0.3 is 20.1 Å². The van der Waals surface area contributed by atoms with Gasteiger partial charge in [0.2, 0.25) is 0 Å². The van der Waals surface area contributed by atoms with E-state index >= 15 is 0 Å². The fourth-order valence-electron chi connectivity index (χ4n) is 7.19. The van der Waals surface area contributed by atoms with Crippen molar-refractivity contribution in [1.82, 2.24) is 15.1 Å². The third-order valence-corrected chi connectivity index (χ3v) is 9.47. The number of carboxylic acid groups (broad SMARTS) is 1. The van der Waals surface area contributed by atoms with E-state index in [0.717, 1.165) is 40.7 Å². The number of ether oxygens (including phenoxy) is 1. The standard InChI is InChI=1S/C34H37N3O5/c1-36(34(31(39)40)17-9-10-18-34)30(38)33(19-20-37(23-33)21-24-11-3-2-4-12-24)35-32(41)42-22-29-27-15-7-5-13-25(27)26-14-6-8-16-28(26)29/h2-8,11-16,29H,9-10,17-23H2,1H3,(H,35,41)(H,39,40). The number of rotatable bonds is 8. The normalized spacial score (nSPS) is 21.0. The Bertz CT molecular complexity index is 1440. The number of aliphatic carboxylic acids is 1. The summed E-state index contributed by atoms with van der Waals surface area (Å²) in [7, 11) is 1.57. The molecule has 0 radical (unpaired) electrons. The van der Waals surface area contributed by atoms with Gasteiger partial charge >= 0.3 is 12.1 Å².